The summed E-state index contributed by atoms with van der Waals surface area (Å²) in [5.74, 6) is 0.420. The lowest BCUT2D eigenvalue weighted by molar-refractivity contribution is 0.0954. The Kier molecular flexibility index (Phi) is 8.03. The number of nitrogens with zero attached hydrogens (tertiary/aromatic N) is 2. The van der Waals surface area contributed by atoms with Crippen LogP contribution in [0.2, 0.25) is 5.02 Å². The second-order valence-electron chi connectivity index (χ2n) is 7.95. The molecule has 1 aromatic heterocycles. The van der Waals surface area contributed by atoms with Crippen LogP contribution in [0.25, 0.3) is 10.9 Å². The maximum atomic E-state index is 13.5. The van der Waals surface area contributed by atoms with E-state index in [4.69, 9.17) is 16.6 Å². The Morgan fingerprint density at radius 1 is 1.06 bits per heavy atom. The Hall–Kier alpha value is -3.09. The van der Waals surface area contributed by atoms with Crippen LogP contribution in [0.3, 0.4) is 0 Å². The molecule has 4 aromatic rings. The number of halogens is 1. The molecule has 5 nitrogen and oxygen atoms in total. The van der Waals surface area contributed by atoms with Gasteiger partial charge in [0.05, 0.1) is 10.9 Å². The van der Waals surface area contributed by atoms with Crippen LogP contribution in [-0.4, -0.2) is 22.0 Å². The van der Waals surface area contributed by atoms with E-state index in [0.29, 0.717) is 51.9 Å². The van der Waals surface area contributed by atoms with Crippen LogP contribution in [0, 0.1) is 0 Å². The molecule has 0 aliphatic carbocycles. The van der Waals surface area contributed by atoms with Crippen molar-refractivity contribution in [2.75, 3.05) is 6.54 Å². The number of carbonyl (C=O) groups is 1. The van der Waals surface area contributed by atoms with E-state index in [1.165, 1.54) is 11.8 Å². The van der Waals surface area contributed by atoms with E-state index >= 15 is 0 Å². The van der Waals surface area contributed by atoms with E-state index in [1.807, 2.05) is 49.4 Å². The maximum Gasteiger partial charge on any atom is 0.262 e. The van der Waals surface area contributed by atoms with Crippen LogP contribution >= 0.6 is 23.4 Å². The Bertz CT molecular complexity index is 1360. The van der Waals surface area contributed by atoms with E-state index in [1.54, 1.807) is 22.8 Å². The number of aryl methyl sites for hydroxylation is 1. The summed E-state index contributed by atoms with van der Waals surface area (Å²) in [6.45, 7) is 3.11. The van der Waals surface area contributed by atoms with Crippen molar-refractivity contribution in [1.29, 1.82) is 0 Å². The first-order valence-corrected chi connectivity index (χ1v) is 12.7. The lowest BCUT2D eigenvalue weighted by atomic mass is 10.1. The van der Waals surface area contributed by atoms with E-state index in [9.17, 15) is 9.59 Å². The van der Waals surface area contributed by atoms with Gasteiger partial charge in [0, 0.05) is 29.4 Å². The van der Waals surface area contributed by atoms with Gasteiger partial charge in [-0.05, 0) is 48.2 Å². The molecule has 0 atom stereocenters. The minimum atomic E-state index is -0.163. The highest BCUT2D eigenvalue weighted by atomic mass is 35.5. The smallest absolute Gasteiger partial charge is 0.262 e. The molecule has 0 saturated carbocycles. The van der Waals surface area contributed by atoms with Gasteiger partial charge >= 0.3 is 0 Å². The van der Waals surface area contributed by atoms with Crippen LogP contribution in [0.1, 0.15) is 34.8 Å². The molecule has 3 aromatic carbocycles. The lowest BCUT2D eigenvalue weighted by Gasteiger charge is -2.14. The molecule has 0 fully saturated rings. The average Bonchev–Trinajstić information content (AvgIpc) is 2.86. The Morgan fingerprint density at radius 2 is 1.82 bits per heavy atom. The Labute approximate surface area is 208 Å². The highest BCUT2D eigenvalue weighted by Crippen LogP contribution is 2.26. The van der Waals surface area contributed by atoms with Crippen molar-refractivity contribution in [3.8, 4) is 0 Å². The first-order valence-electron chi connectivity index (χ1n) is 11.3. The predicted octanol–water partition coefficient (Wildman–Crippen LogP) is 5.72. The van der Waals surface area contributed by atoms with Crippen LogP contribution in [-0.2, 0) is 18.7 Å². The summed E-state index contributed by atoms with van der Waals surface area (Å²) in [4.78, 5) is 30.8. The molecular formula is C27H26ClN3O2S. The van der Waals surface area contributed by atoms with Crippen LogP contribution in [0.5, 0.6) is 0 Å². The van der Waals surface area contributed by atoms with E-state index in [-0.39, 0.29) is 11.5 Å². The van der Waals surface area contributed by atoms with Crippen LogP contribution < -0.4 is 10.9 Å². The fraction of sp³-hybridized carbons (Fsp3) is 0.222. The van der Waals surface area contributed by atoms with Gasteiger partial charge in [0.15, 0.2) is 5.16 Å². The number of fused-ring (bicyclic) bond motifs is 1. The SMILES string of the molecule is CCCNC(=O)c1ccc2c(=O)n(CCc3ccccc3)c(SCc3ccccc3Cl)nc2c1. The Balaban J connectivity index is 1.71. The molecule has 0 aliphatic rings. The molecule has 1 heterocycles. The number of rotatable bonds is 9. The molecule has 0 bridgehead atoms. The van der Waals surface area contributed by atoms with Gasteiger partial charge in [-0.1, -0.05) is 78.8 Å². The summed E-state index contributed by atoms with van der Waals surface area (Å²) >= 11 is 7.82. The number of hydrogen-bond donors (Lipinski definition) is 1. The van der Waals surface area contributed by atoms with Crippen molar-refractivity contribution in [3.63, 3.8) is 0 Å². The standard InChI is InChI=1S/C27H26ClN3O2S/c1-2-15-29-25(32)20-12-13-22-24(17-20)30-27(34-18-21-10-6-7-11-23(21)28)31(26(22)33)16-14-19-8-4-3-5-9-19/h3-13,17H,2,14-16,18H2,1H3,(H,29,32). The van der Waals surface area contributed by atoms with Gasteiger partial charge in [0.2, 0.25) is 0 Å². The van der Waals surface area contributed by atoms with Gasteiger partial charge in [-0.15, -0.1) is 0 Å². The second-order valence-corrected chi connectivity index (χ2v) is 9.30. The van der Waals surface area contributed by atoms with Crippen LogP contribution in [0.4, 0.5) is 0 Å². The molecule has 1 amide bonds. The van der Waals surface area contributed by atoms with Crippen molar-refractivity contribution < 1.29 is 4.79 Å². The van der Waals surface area contributed by atoms with Gasteiger partial charge < -0.3 is 5.32 Å². The summed E-state index contributed by atoms with van der Waals surface area (Å²) in [7, 11) is 0. The van der Waals surface area contributed by atoms with Crippen molar-refractivity contribution in [1.82, 2.24) is 14.9 Å². The normalized spacial score (nSPS) is 11.0. The summed E-state index contributed by atoms with van der Waals surface area (Å²) < 4.78 is 1.73. The molecule has 0 spiro atoms. The number of carbonyl (C=O) groups excluding carboxylic acids is 1. The van der Waals surface area contributed by atoms with Gasteiger partial charge in [-0.25, -0.2) is 4.98 Å². The monoisotopic (exact) mass is 491 g/mol. The highest BCUT2D eigenvalue weighted by Gasteiger charge is 2.15. The number of hydrogen-bond acceptors (Lipinski definition) is 4. The van der Waals surface area contributed by atoms with Crippen molar-refractivity contribution >= 4 is 40.2 Å². The average molecular weight is 492 g/mol. The highest BCUT2D eigenvalue weighted by molar-refractivity contribution is 7.98. The molecule has 0 radical (unpaired) electrons. The van der Waals surface area contributed by atoms with E-state index < -0.39 is 0 Å². The first-order chi connectivity index (χ1) is 16.6. The summed E-state index contributed by atoms with van der Waals surface area (Å²) in [6, 6.07) is 22.8. The summed E-state index contributed by atoms with van der Waals surface area (Å²) in [5.41, 5.74) is 3.04. The predicted molar refractivity (Wildman–Crippen MR) is 140 cm³/mol. The molecule has 0 saturated heterocycles. The molecule has 7 heteroatoms. The van der Waals surface area contributed by atoms with Gasteiger partial charge in [0.25, 0.3) is 11.5 Å². The maximum absolute atomic E-state index is 13.5. The molecule has 0 unspecified atom stereocenters. The third kappa shape index (κ3) is 5.69. The largest absolute Gasteiger partial charge is 0.352 e. The molecule has 174 valence electrons. The van der Waals surface area contributed by atoms with Gasteiger partial charge in [-0.3, -0.25) is 14.2 Å². The van der Waals surface area contributed by atoms with E-state index in [0.717, 1.165) is 17.5 Å². The van der Waals surface area contributed by atoms with Gasteiger partial charge in [-0.2, -0.15) is 0 Å². The molecule has 4 rings (SSSR count). The molecular weight excluding hydrogens is 466 g/mol. The lowest BCUT2D eigenvalue weighted by Crippen LogP contribution is -2.26. The number of amides is 1. The van der Waals surface area contributed by atoms with E-state index in [2.05, 4.69) is 17.4 Å². The van der Waals surface area contributed by atoms with Crippen molar-refractivity contribution in [3.05, 3.63) is 105 Å². The topological polar surface area (TPSA) is 64.0 Å². The van der Waals surface area contributed by atoms with Gasteiger partial charge in [0.1, 0.15) is 0 Å². The second kappa shape index (κ2) is 11.4. The van der Waals surface area contributed by atoms with Crippen LogP contribution in [0.15, 0.2) is 82.7 Å². The minimum Gasteiger partial charge on any atom is -0.352 e. The van der Waals surface area contributed by atoms with Crippen molar-refractivity contribution in [2.45, 2.75) is 37.2 Å². The fourth-order valence-corrected chi connectivity index (χ4v) is 4.94. The quantitative estimate of drug-likeness (QED) is 0.240. The molecule has 1 N–H and O–H groups in total. The zero-order chi connectivity index (χ0) is 23.9. The number of thioether (sulfide) groups is 1. The fourth-order valence-electron chi connectivity index (χ4n) is 3.63. The third-order valence-corrected chi connectivity index (χ3v) is 6.89. The number of benzene rings is 3. The first kappa shape index (κ1) is 24.0. The molecule has 0 aliphatic heterocycles. The zero-order valence-corrected chi connectivity index (χ0v) is 20.5. The number of aromatic nitrogens is 2. The minimum absolute atomic E-state index is 0.108. The number of nitrogens with one attached hydrogen (secondary N) is 1. The molecule has 34 heavy (non-hydrogen) atoms. The zero-order valence-electron chi connectivity index (χ0n) is 19.0. The summed E-state index contributed by atoms with van der Waals surface area (Å²) in [6.07, 6.45) is 1.57. The Morgan fingerprint density at radius 3 is 2.59 bits per heavy atom. The third-order valence-electron chi connectivity index (χ3n) is 5.50. The summed E-state index contributed by atoms with van der Waals surface area (Å²) in [5, 5.41) is 4.67. The van der Waals surface area contributed by atoms with Crippen molar-refractivity contribution in [2.24, 2.45) is 0 Å².